The van der Waals surface area contributed by atoms with E-state index in [-0.39, 0.29) is 29.3 Å². The van der Waals surface area contributed by atoms with E-state index in [1.165, 1.54) is 29.6 Å². The minimum absolute atomic E-state index is 0.0119. The fraction of sp³-hybridized carbons (Fsp3) is 0.364. The van der Waals surface area contributed by atoms with Crippen molar-refractivity contribution in [3.63, 3.8) is 0 Å². The Morgan fingerprint density at radius 3 is 2.26 bits per heavy atom. The maximum Gasteiger partial charge on any atom is 0.338 e. The van der Waals surface area contributed by atoms with Crippen LogP contribution in [0.25, 0.3) is 0 Å². The number of esters is 1. The van der Waals surface area contributed by atoms with Crippen LogP contribution < -0.4 is 10.1 Å². The second kappa shape index (κ2) is 10.9. The summed E-state index contributed by atoms with van der Waals surface area (Å²) in [5.74, 6) is -1.14. The molecule has 0 radical (unpaired) electrons. The minimum Gasteiger partial charge on any atom is -0.495 e. The van der Waals surface area contributed by atoms with Gasteiger partial charge in [-0.05, 0) is 30.7 Å². The summed E-state index contributed by atoms with van der Waals surface area (Å²) < 4.78 is 37.2. The standard InChI is InChI=1S/C22H28N2O6S/c1-5-24(6-2)31(27,28)20-13-18(11-12-19(20)29-4)22(26)30-15-21(25)23-14-17-9-7-16(3)8-10-17/h7-13H,5-6,14-15H2,1-4H3,(H,23,25). The highest BCUT2D eigenvalue weighted by Gasteiger charge is 2.27. The quantitative estimate of drug-likeness (QED) is 0.561. The number of hydrogen-bond donors (Lipinski definition) is 1. The van der Waals surface area contributed by atoms with Crippen molar-refractivity contribution in [2.75, 3.05) is 26.8 Å². The van der Waals surface area contributed by atoms with Gasteiger partial charge in [0, 0.05) is 19.6 Å². The number of carbonyl (C=O) groups excluding carboxylic acids is 2. The molecule has 0 aliphatic rings. The van der Waals surface area contributed by atoms with Crippen LogP contribution in [0.2, 0.25) is 0 Å². The summed E-state index contributed by atoms with van der Waals surface area (Å²) in [7, 11) is -2.50. The first-order valence-electron chi connectivity index (χ1n) is 9.90. The lowest BCUT2D eigenvalue weighted by Gasteiger charge is -2.20. The number of benzene rings is 2. The molecule has 1 amide bonds. The molecule has 2 aromatic rings. The molecule has 0 heterocycles. The predicted molar refractivity (Wildman–Crippen MR) is 116 cm³/mol. The molecule has 1 N–H and O–H groups in total. The number of aryl methyl sites for hydroxylation is 1. The highest BCUT2D eigenvalue weighted by Crippen LogP contribution is 2.28. The first kappa shape index (κ1) is 24.4. The molecule has 0 saturated carbocycles. The number of ether oxygens (including phenoxy) is 2. The average Bonchev–Trinajstić information content (AvgIpc) is 2.77. The van der Waals surface area contributed by atoms with Crippen LogP contribution in [0.5, 0.6) is 5.75 Å². The zero-order chi connectivity index (χ0) is 23.0. The molecule has 168 valence electrons. The van der Waals surface area contributed by atoms with Crippen molar-refractivity contribution in [1.82, 2.24) is 9.62 Å². The van der Waals surface area contributed by atoms with Crippen molar-refractivity contribution >= 4 is 21.9 Å². The Kier molecular flexibility index (Phi) is 8.58. The number of nitrogens with zero attached hydrogens (tertiary/aromatic N) is 1. The van der Waals surface area contributed by atoms with Gasteiger partial charge >= 0.3 is 5.97 Å². The van der Waals surface area contributed by atoms with Crippen LogP contribution in [-0.4, -0.2) is 51.4 Å². The zero-order valence-corrected chi connectivity index (χ0v) is 19.0. The van der Waals surface area contributed by atoms with E-state index >= 15 is 0 Å². The molecule has 2 rings (SSSR count). The van der Waals surface area contributed by atoms with Crippen LogP contribution in [0.1, 0.15) is 35.3 Å². The minimum atomic E-state index is -3.85. The van der Waals surface area contributed by atoms with E-state index in [1.807, 2.05) is 31.2 Å². The van der Waals surface area contributed by atoms with E-state index in [0.717, 1.165) is 11.1 Å². The van der Waals surface area contributed by atoms with Crippen molar-refractivity contribution < 1.29 is 27.5 Å². The molecule has 0 aliphatic heterocycles. The summed E-state index contributed by atoms with van der Waals surface area (Å²) in [6.07, 6.45) is 0. The SMILES string of the molecule is CCN(CC)S(=O)(=O)c1cc(C(=O)OCC(=O)NCc2ccc(C)cc2)ccc1OC. The second-order valence-electron chi connectivity index (χ2n) is 6.79. The number of rotatable bonds is 10. The lowest BCUT2D eigenvalue weighted by Crippen LogP contribution is -2.31. The summed E-state index contributed by atoms with van der Waals surface area (Å²) in [6.45, 7) is 5.80. The number of methoxy groups -OCH3 is 1. The lowest BCUT2D eigenvalue weighted by molar-refractivity contribution is -0.124. The van der Waals surface area contributed by atoms with Gasteiger partial charge < -0.3 is 14.8 Å². The molecule has 31 heavy (non-hydrogen) atoms. The molecule has 0 spiro atoms. The monoisotopic (exact) mass is 448 g/mol. The molecule has 9 heteroatoms. The third-order valence-corrected chi connectivity index (χ3v) is 6.74. The van der Waals surface area contributed by atoms with Crippen molar-refractivity contribution in [3.8, 4) is 5.75 Å². The summed E-state index contributed by atoms with van der Waals surface area (Å²) in [5, 5.41) is 2.67. The number of nitrogens with one attached hydrogen (secondary N) is 1. The smallest absolute Gasteiger partial charge is 0.338 e. The summed E-state index contributed by atoms with van der Waals surface area (Å²) in [5.41, 5.74) is 2.05. The summed E-state index contributed by atoms with van der Waals surface area (Å²) >= 11 is 0. The first-order chi connectivity index (χ1) is 14.7. The molecule has 0 unspecified atom stereocenters. The van der Waals surface area contributed by atoms with E-state index in [4.69, 9.17) is 9.47 Å². The van der Waals surface area contributed by atoms with Crippen LogP contribution >= 0.6 is 0 Å². The maximum absolute atomic E-state index is 12.9. The van der Waals surface area contributed by atoms with Crippen LogP contribution in [0.3, 0.4) is 0 Å². The Hall–Kier alpha value is -2.91. The normalized spacial score (nSPS) is 11.3. The van der Waals surface area contributed by atoms with E-state index in [2.05, 4.69) is 5.32 Å². The van der Waals surface area contributed by atoms with Gasteiger partial charge in [0.1, 0.15) is 10.6 Å². The van der Waals surface area contributed by atoms with Crippen molar-refractivity contribution in [3.05, 3.63) is 59.2 Å². The van der Waals surface area contributed by atoms with Crippen LogP contribution in [-0.2, 0) is 26.1 Å². The van der Waals surface area contributed by atoms with Gasteiger partial charge in [-0.3, -0.25) is 4.79 Å². The third kappa shape index (κ3) is 6.28. The van der Waals surface area contributed by atoms with E-state index in [0.29, 0.717) is 6.54 Å². The van der Waals surface area contributed by atoms with Crippen LogP contribution in [0.4, 0.5) is 0 Å². The number of carbonyl (C=O) groups is 2. The highest BCUT2D eigenvalue weighted by atomic mass is 32.2. The Balaban J connectivity index is 2.06. The largest absolute Gasteiger partial charge is 0.495 e. The van der Waals surface area contributed by atoms with Gasteiger partial charge in [-0.1, -0.05) is 43.7 Å². The molecule has 2 aromatic carbocycles. The highest BCUT2D eigenvalue weighted by molar-refractivity contribution is 7.89. The van der Waals surface area contributed by atoms with Crippen LogP contribution in [0.15, 0.2) is 47.4 Å². The number of sulfonamides is 1. The molecule has 0 aliphatic carbocycles. The van der Waals surface area contributed by atoms with Crippen molar-refractivity contribution in [2.24, 2.45) is 0 Å². The molecule has 0 fully saturated rings. The molecular weight excluding hydrogens is 420 g/mol. The van der Waals surface area contributed by atoms with Gasteiger partial charge in [-0.15, -0.1) is 0 Å². The molecule has 0 aromatic heterocycles. The third-order valence-electron chi connectivity index (χ3n) is 4.67. The molecule has 0 bridgehead atoms. The van der Waals surface area contributed by atoms with Gasteiger partial charge in [-0.25, -0.2) is 13.2 Å². The zero-order valence-electron chi connectivity index (χ0n) is 18.2. The number of amides is 1. The van der Waals surface area contributed by atoms with Gasteiger partial charge in [0.25, 0.3) is 5.91 Å². The number of hydrogen-bond acceptors (Lipinski definition) is 6. The Bertz CT molecular complexity index is 1010. The van der Waals surface area contributed by atoms with E-state index in [1.54, 1.807) is 13.8 Å². The van der Waals surface area contributed by atoms with Crippen molar-refractivity contribution in [1.29, 1.82) is 0 Å². The van der Waals surface area contributed by atoms with E-state index in [9.17, 15) is 18.0 Å². The molecule has 8 nitrogen and oxygen atoms in total. The maximum atomic E-state index is 12.9. The van der Waals surface area contributed by atoms with Crippen LogP contribution in [0, 0.1) is 6.92 Å². The Morgan fingerprint density at radius 2 is 1.68 bits per heavy atom. The van der Waals surface area contributed by atoms with Crippen molar-refractivity contribution in [2.45, 2.75) is 32.2 Å². The van der Waals surface area contributed by atoms with Gasteiger partial charge in [0.2, 0.25) is 10.0 Å². The fourth-order valence-electron chi connectivity index (χ4n) is 2.88. The topological polar surface area (TPSA) is 102 Å². The summed E-state index contributed by atoms with van der Waals surface area (Å²) in [6, 6.07) is 11.7. The van der Waals surface area contributed by atoms with E-state index < -0.39 is 28.5 Å². The Labute approximate surface area is 183 Å². The molecular formula is C22H28N2O6S. The predicted octanol–water partition coefficient (Wildman–Crippen LogP) is 2.51. The molecule has 0 atom stereocenters. The summed E-state index contributed by atoms with van der Waals surface area (Å²) in [4.78, 5) is 24.3. The van der Waals surface area contributed by atoms with Gasteiger partial charge in [-0.2, -0.15) is 4.31 Å². The first-order valence-corrected chi connectivity index (χ1v) is 11.3. The second-order valence-corrected chi connectivity index (χ2v) is 8.70. The lowest BCUT2D eigenvalue weighted by atomic mass is 10.1. The van der Waals surface area contributed by atoms with Gasteiger partial charge in [0.15, 0.2) is 6.61 Å². The Morgan fingerprint density at radius 1 is 1.03 bits per heavy atom. The molecule has 0 saturated heterocycles. The average molecular weight is 449 g/mol. The van der Waals surface area contributed by atoms with Gasteiger partial charge in [0.05, 0.1) is 12.7 Å². The fourth-order valence-corrected chi connectivity index (χ4v) is 4.52.